The van der Waals surface area contributed by atoms with Gasteiger partial charge in [-0.1, -0.05) is 0 Å². The molecule has 0 fully saturated rings. The molecule has 0 amide bonds. The molecule has 0 aromatic heterocycles. The Morgan fingerprint density at radius 1 is 1.00 bits per heavy atom. The van der Waals surface area contributed by atoms with E-state index in [1.54, 1.807) is 0 Å². The van der Waals surface area contributed by atoms with E-state index in [9.17, 15) is 0 Å². The van der Waals surface area contributed by atoms with Crippen molar-refractivity contribution in [3.8, 4) is 0 Å². The van der Waals surface area contributed by atoms with Crippen LogP contribution in [-0.4, -0.2) is 11.0 Å². The fourth-order valence-corrected chi connectivity index (χ4v) is 0. The zero-order valence-corrected chi connectivity index (χ0v) is 4.91. The molecule has 0 aromatic rings. The molecule has 0 atom stereocenters. The van der Waals surface area contributed by atoms with Gasteiger partial charge in [-0.2, -0.15) is 0 Å². The number of hydrogen-bond acceptors (Lipinski definition) is 0. The van der Waals surface area contributed by atoms with Crippen LogP contribution >= 0.6 is 20.4 Å². The van der Waals surface area contributed by atoms with Gasteiger partial charge in [-0.15, -0.1) is 0 Å². The van der Waals surface area contributed by atoms with Crippen molar-refractivity contribution in [2.75, 3.05) is 0 Å². The van der Waals surface area contributed by atoms with E-state index >= 15 is 0 Å². The Kier molecular flexibility index (Phi) is 148. The molecule has 0 bridgehead atoms. The molecule has 0 saturated heterocycles. The van der Waals surface area contributed by atoms with E-state index in [0.29, 0.717) is 0 Å². The van der Waals surface area contributed by atoms with Crippen LogP contribution in [0.15, 0.2) is 0 Å². The molecule has 4 heteroatoms. The summed E-state index contributed by atoms with van der Waals surface area (Å²) in [7, 11) is 0. The van der Waals surface area contributed by atoms with Crippen molar-refractivity contribution in [3.63, 3.8) is 0 Å². The van der Waals surface area contributed by atoms with Gasteiger partial charge in [0.05, 0.1) is 0 Å². The van der Waals surface area contributed by atoms with Gasteiger partial charge in [-0.05, 0) is 0 Å². The van der Waals surface area contributed by atoms with Crippen LogP contribution in [0.4, 0.5) is 0 Å². The third kappa shape index (κ3) is 11.0. The van der Waals surface area contributed by atoms with Crippen LogP contribution in [0.5, 0.6) is 0 Å². The molecule has 0 aliphatic heterocycles. The number of hydrogen-bond donors (Lipinski definition) is 0. The molecule has 0 heterocycles. The van der Waals surface area contributed by atoms with E-state index in [2.05, 4.69) is 12.5 Å². The number of halogens is 1. The zero-order chi connectivity index (χ0) is 2.00. The van der Waals surface area contributed by atoms with Crippen LogP contribution in [0.1, 0.15) is 0 Å². The van der Waals surface area contributed by atoms with Gasteiger partial charge in [0, 0.05) is 0 Å². The summed E-state index contributed by atoms with van der Waals surface area (Å²) < 4.78 is 0. The van der Waals surface area contributed by atoms with Crippen molar-refractivity contribution in [1.82, 2.24) is 0 Å². The minimum absolute atomic E-state index is 0. The van der Waals surface area contributed by atoms with Gasteiger partial charge in [0.2, 0.25) is 0 Å². The summed E-state index contributed by atoms with van der Waals surface area (Å²) in [5.74, 6) is 0. The quantitative estimate of drug-likeness (QED) is 0.483. The van der Waals surface area contributed by atoms with Crippen molar-refractivity contribution in [3.05, 3.63) is 0 Å². The standard InChI is InChI=1S/Co.HI.2H2O/h;1H;2*1H2/q+1;;;/p-1. The summed E-state index contributed by atoms with van der Waals surface area (Å²) in [6.07, 6.45) is 0. The maximum atomic E-state index is 3.53. The molecule has 0 saturated carbocycles. The molecule has 4 heavy (non-hydrogen) atoms. The first-order valence-electron chi connectivity index (χ1n) is 0.126. The SMILES string of the molecule is O.O.[Co][I]. The van der Waals surface area contributed by atoms with E-state index in [1.807, 2.05) is 20.4 Å². The van der Waals surface area contributed by atoms with Crippen LogP contribution in [0.3, 0.4) is 0 Å². The fourth-order valence-electron chi connectivity index (χ4n) is 0. The van der Waals surface area contributed by atoms with E-state index in [4.69, 9.17) is 0 Å². The van der Waals surface area contributed by atoms with Crippen molar-refractivity contribution < 1.29 is 23.5 Å². The second-order valence-electron chi connectivity index (χ2n) is 0. The van der Waals surface area contributed by atoms with E-state index < -0.39 is 0 Å². The summed E-state index contributed by atoms with van der Waals surface area (Å²) in [5.41, 5.74) is 0. The predicted molar refractivity (Wildman–Crippen MR) is 21.2 cm³/mol. The molecule has 0 aromatic carbocycles. The fraction of sp³-hybridized carbons (Fsp3) is 0. The van der Waals surface area contributed by atoms with Gasteiger partial charge in [0.1, 0.15) is 0 Å². The van der Waals surface area contributed by atoms with Gasteiger partial charge in [0.15, 0.2) is 0 Å². The Morgan fingerprint density at radius 2 is 1.00 bits per heavy atom. The van der Waals surface area contributed by atoms with E-state index in [0.717, 1.165) is 0 Å². The van der Waals surface area contributed by atoms with Gasteiger partial charge < -0.3 is 11.0 Å². The first-order chi connectivity index (χ1) is 1.00. The maximum absolute atomic E-state index is 3.53. The van der Waals surface area contributed by atoms with Crippen molar-refractivity contribution in [1.29, 1.82) is 0 Å². The Balaban J connectivity index is -0.00000000500. The molecule has 0 aliphatic rings. The summed E-state index contributed by atoms with van der Waals surface area (Å²) >= 11 is 5.37. The zero-order valence-electron chi connectivity index (χ0n) is 1.71. The van der Waals surface area contributed by atoms with Crippen LogP contribution in [0.25, 0.3) is 0 Å². The second kappa shape index (κ2) is 31.0. The molecule has 0 unspecified atom stereocenters. The predicted octanol–water partition coefficient (Wildman–Crippen LogP) is -0.766. The Labute approximate surface area is 44.0 Å². The van der Waals surface area contributed by atoms with E-state index in [-0.39, 0.29) is 11.0 Å². The van der Waals surface area contributed by atoms with Crippen molar-refractivity contribution >= 4 is 20.4 Å². The van der Waals surface area contributed by atoms with Crippen LogP contribution in [0, 0.1) is 0 Å². The third-order valence-corrected chi connectivity index (χ3v) is 0. The Bertz CT molecular complexity index is 6.00. The van der Waals surface area contributed by atoms with Crippen LogP contribution in [0.2, 0.25) is 0 Å². The molecule has 2 nitrogen and oxygen atoms in total. The third-order valence-electron chi connectivity index (χ3n) is 0. The first kappa shape index (κ1) is 19.2. The number of rotatable bonds is 0. The second-order valence-corrected chi connectivity index (χ2v) is 0. The van der Waals surface area contributed by atoms with Gasteiger partial charge in [0.25, 0.3) is 0 Å². The summed E-state index contributed by atoms with van der Waals surface area (Å²) in [5, 5.41) is 0. The van der Waals surface area contributed by atoms with Crippen LogP contribution in [-0.2, 0) is 12.5 Å². The van der Waals surface area contributed by atoms with Crippen molar-refractivity contribution in [2.45, 2.75) is 0 Å². The molecule has 4 N–H and O–H groups in total. The normalized spacial score (nSPS) is 1.75. The van der Waals surface area contributed by atoms with E-state index in [1.165, 1.54) is 0 Å². The Morgan fingerprint density at radius 3 is 1.00 bits per heavy atom. The minimum atomic E-state index is 0. The molecule has 0 rings (SSSR count). The summed E-state index contributed by atoms with van der Waals surface area (Å²) in [6, 6.07) is 0. The molecule has 0 spiro atoms. The molecule has 0 aliphatic carbocycles. The van der Waals surface area contributed by atoms with Gasteiger partial charge in [-0.3, -0.25) is 0 Å². The molecule has 32 valence electrons. The topological polar surface area (TPSA) is 63.0 Å². The molecule has 0 radical (unpaired) electrons. The average molecular weight is 222 g/mol. The monoisotopic (exact) mass is 222 g/mol. The van der Waals surface area contributed by atoms with Crippen molar-refractivity contribution in [2.24, 2.45) is 0 Å². The Hall–Kier alpha value is 1.16. The average Bonchev–Trinajstić information content (AvgIpc) is 1.00. The van der Waals surface area contributed by atoms with Crippen LogP contribution < -0.4 is 0 Å². The molecular formula is H4CoIO2. The summed E-state index contributed by atoms with van der Waals surface area (Å²) in [4.78, 5) is 0. The van der Waals surface area contributed by atoms with Gasteiger partial charge >= 0.3 is 32.9 Å². The van der Waals surface area contributed by atoms with Gasteiger partial charge in [-0.25, -0.2) is 0 Å². The molecular weight excluding hydrogens is 218 g/mol. The first-order valence-corrected chi connectivity index (χ1v) is 3.48. The summed E-state index contributed by atoms with van der Waals surface area (Å²) in [6.45, 7) is 0.